The van der Waals surface area contributed by atoms with E-state index in [2.05, 4.69) is 5.32 Å². The quantitative estimate of drug-likeness (QED) is 0.879. The summed E-state index contributed by atoms with van der Waals surface area (Å²) in [7, 11) is 1.58. The second-order valence-corrected chi connectivity index (χ2v) is 5.81. The Morgan fingerprint density at radius 3 is 2.40 bits per heavy atom. The first-order chi connectivity index (χ1) is 9.51. The molecular formula is C14H17Cl2NO3. The van der Waals surface area contributed by atoms with Crippen molar-refractivity contribution >= 4 is 34.9 Å². The smallest absolute Gasteiger partial charge is 0.306 e. The monoisotopic (exact) mass is 317 g/mol. The standard InChI is InChI=1S/C14H17Cl2NO3/c1-20-13-7-11(16)10(15)6-12(13)17-9-4-2-8(3-5-9)14(18)19/h6-9,17H,2-5H2,1H3,(H,18,19). The van der Waals surface area contributed by atoms with Crippen molar-refractivity contribution < 1.29 is 14.6 Å². The number of carbonyl (C=O) groups is 1. The molecule has 6 heteroatoms. The van der Waals surface area contributed by atoms with Crippen molar-refractivity contribution in [2.75, 3.05) is 12.4 Å². The number of halogens is 2. The van der Waals surface area contributed by atoms with Crippen molar-refractivity contribution in [1.82, 2.24) is 0 Å². The molecule has 1 saturated carbocycles. The molecule has 0 unspecified atom stereocenters. The van der Waals surface area contributed by atoms with Gasteiger partial charge in [-0.05, 0) is 31.7 Å². The fraction of sp³-hybridized carbons (Fsp3) is 0.500. The molecule has 2 N–H and O–H groups in total. The van der Waals surface area contributed by atoms with Gasteiger partial charge in [-0.3, -0.25) is 4.79 Å². The Labute approximate surface area is 128 Å². The van der Waals surface area contributed by atoms with Crippen LogP contribution in [0.5, 0.6) is 5.75 Å². The van der Waals surface area contributed by atoms with Crippen LogP contribution < -0.4 is 10.1 Å². The van der Waals surface area contributed by atoms with Crippen LogP contribution in [-0.4, -0.2) is 24.2 Å². The normalized spacial score (nSPS) is 22.4. The molecule has 4 nitrogen and oxygen atoms in total. The molecule has 0 bridgehead atoms. The molecule has 20 heavy (non-hydrogen) atoms. The fourth-order valence-corrected chi connectivity index (χ4v) is 2.83. The first kappa shape index (κ1) is 15.3. The third-order valence-electron chi connectivity index (χ3n) is 3.68. The van der Waals surface area contributed by atoms with Gasteiger partial charge < -0.3 is 15.2 Å². The first-order valence-electron chi connectivity index (χ1n) is 6.53. The Kier molecular flexibility index (Phi) is 5.00. The van der Waals surface area contributed by atoms with Gasteiger partial charge >= 0.3 is 5.97 Å². The SMILES string of the molecule is COc1cc(Cl)c(Cl)cc1NC1CCC(C(=O)O)CC1. The van der Waals surface area contributed by atoms with Crippen LogP contribution in [-0.2, 0) is 4.79 Å². The number of ether oxygens (including phenoxy) is 1. The third-order valence-corrected chi connectivity index (χ3v) is 4.40. The van der Waals surface area contributed by atoms with Crippen molar-refractivity contribution in [2.24, 2.45) is 5.92 Å². The van der Waals surface area contributed by atoms with Gasteiger partial charge in [0.25, 0.3) is 0 Å². The second-order valence-electron chi connectivity index (χ2n) is 5.00. The highest BCUT2D eigenvalue weighted by Gasteiger charge is 2.26. The summed E-state index contributed by atoms with van der Waals surface area (Å²) in [6.07, 6.45) is 3.02. The second kappa shape index (κ2) is 6.55. The lowest BCUT2D eigenvalue weighted by Crippen LogP contribution is -2.29. The minimum absolute atomic E-state index is 0.219. The van der Waals surface area contributed by atoms with Crippen LogP contribution in [0, 0.1) is 5.92 Å². The highest BCUT2D eigenvalue weighted by molar-refractivity contribution is 6.42. The van der Waals surface area contributed by atoms with Crippen LogP contribution in [0.2, 0.25) is 10.0 Å². The van der Waals surface area contributed by atoms with Gasteiger partial charge in [0, 0.05) is 12.1 Å². The number of nitrogens with one attached hydrogen (secondary N) is 1. The number of methoxy groups -OCH3 is 1. The summed E-state index contributed by atoms with van der Waals surface area (Å²) < 4.78 is 5.28. The Morgan fingerprint density at radius 1 is 1.25 bits per heavy atom. The van der Waals surface area contributed by atoms with E-state index in [1.807, 2.05) is 0 Å². The van der Waals surface area contributed by atoms with Crippen LogP contribution in [0.25, 0.3) is 0 Å². The topological polar surface area (TPSA) is 58.6 Å². The lowest BCUT2D eigenvalue weighted by molar-refractivity contribution is -0.142. The number of rotatable bonds is 4. The maximum Gasteiger partial charge on any atom is 0.306 e. The van der Waals surface area contributed by atoms with Crippen LogP contribution in [0.4, 0.5) is 5.69 Å². The molecule has 0 aliphatic heterocycles. The van der Waals surface area contributed by atoms with E-state index in [0.717, 1.165) is 18.5 Å². The van der Waals surface area contributed by atoms with Crippen LogP contribution in [0.1, 0.15) is 25.7 Å². The lowest BCUT2D eigenvalue weighted by Gasteiger charge is -2.28. The molecule has 1 aromatic carbocycles. The summed E-state index contributed by atoms with van der Waals surface area (Å²) in [5.74, 6) is -0.279. The summed E-state index contributed by atoms with van der Waals surface area (Å²) in [6.45, 7) is 0. The predicted molar refractivity (Wildman–Crippen MR) is 80.0 cm³/mol. The molecule has 1 fully saturated rings. The summed E-state index contributed by atoms with van der Waals surface area (Å²) in [4.78, 5) is 10.9. The first-order valence-corrected chi connectivity index (χ1v) is 7.29. The number of carboxylic acid groups (broad SMARTS) is 1. The molecular weight excluding hydrogens is 301 g/mol. The van der Waals surface area contributed by atoms with E-state index < -0.39 is 5.97 Å². The molecule has 0 atom stereocenters. The molecule has 0 heterocycles. The van der Waals surface area contributed by atoms with E-state index in [0.29, 0.717) is 28.6 Å². The molecule has 0 spiro atoms. The molecule has 0 radical (unpaired) electrons. The van der Waals surface area contributed by atoms with E-state index in [1.165, 1.54) is 0 Å². The van der Waals surface area contributed by atoms with E-state index >= 15 is 0 Å². The van der Waals surface area contributed by atoms with E-state index in [-0.39, 0.29) is 12.0 Å². The Balaban J connectivity index is 2.04. The van der Waals surface area contributed by atoms with Gasteiger partial charge in [0.2, 0.25) is 0 Å². The number of hydrogen-bond donors (Lipinski definition) is 2. The molecule has 1 aliphatic carbocycles. The summed E-state index contributed by atoms with van der Waals surface area (Å²) in [6, 6.07) is 3.65. The highest BCUT2D eigenvalue weighted by Crippen LogP contribution is 2.36. The number of carboxylic acids is 1. The summed E-state index contributed by atoms with van der Waals surface area (Å²) in [5, 5.41) is 13.3. The van der Waals surface area contributed by atoms with Crippen molar-refractivity contribution in [1.29, 1.82) is 0 Å². The maximum atomic E-state index is 10.9. The number of aliphatic carboxylic acids is 1. The average molecular weight is 318 g/mol. The predicted octanol–water partition coefficient (Wildman–Crippen LogP) is 4.06. The highest BCUT2D eigenvalue weighted by atomic mass is 35.5. The number of hydrogen-bond acceptors (Lipinski definition) is 3. The maximum absolute atomic E-state index is 10.9. The molecule has 0 aromatic heterocycles. The van der Waals surface area contributed by atoms with Crippen molar-refractivity contribution in [3.05, 3.63) is 22.2 Å². The Bertz CT molecular complexity index is 499. The lowest BCUT2D eigenvalue weighted by atomic mass is 9.86. The van der Waals surface area contributed by atoms with Gasteiger partial charge in [-0.25, -0.2) is 0 Å². The van der Waals surface area contributed by atoms with Gasteiger partial charge in [-0.15, -0.1) is 0 Å². The van der Waals surface area contributed by atoms with Crippen molar-refractivity contribution in [3.8, 4) is 5.75 Å². The van der Waals surface area contributed by atoms with Crippen LogP contribution >= 0.6 is 23.2 Å². The Hall–Kier alpha value is -1.13. The van der Waals surface area contributed by atoms with Crippen LogP contribution in [0.15, 0.2) is 12.1 Å². The van der Waals surface area contributed by atoms with E-state index in [1.54, 1.807) is 19.2 Å². The zero-order valence-electron chi connectivity index (χ0n) is 11.2. The zero-order chi connectivity index (χ0) is 14.7. The largest absolute Gasteiger partial charge is 0.495 e. The molecule has 2 rings (SSSR count). The number of benzene rings is 1. The minimum Gasteiger partial charge on any atom is -0.495 e. The zero-order valence-corrected chi connectivity index (χ0v) is 12.7. The van der Waals surface area contributed by atoms with Gasteiger partial charge in [0.1, 0.15) is 5.75 Å². The molecule has 1 aliphatic rings. The molecule has 0 saturated heterocycles. The molecule has 0 amide bonds. The average Bonchev–Trinajstić information content (AvgIpc) is 2.43. The Morgan fingerprint density at radius 2 is 1.85 bits per heavy atom. The van der Waals surface area contributed by atoms with Gasteiger partial charge in [0.15, 0.2) is 0 Å². The van der Waals surface area contributed by atoms with Crippen molar-refractivity contribution in [2.45, 2.75) is 31.7 Å². The number of anilines is 1. The van der Waals surface area contributed by atoms with E-state index in [4.69, 9.17) is 33.0 Å². The molecule has 1 aromatic rings. The summed E-state index contributed by atoms with van der Waals surface area (Å²) in [5.41, 5.74) is 0.792. The van der Waals surface area contributed by atoms with Gasteiger partial charge in [0.05, 0.1) is 28.8 Å². The van der Waals surface area contributed by atoms with E-state index in [9.17, 15) is 4.79 Å². The fourth-order valence-electron chi connectivity index (χ4n) is 2.51. The van der Waals surface area contributed by atoms with Gasteiger partial charge in [-0.1, -0.05) is 23.2 Å². The third kappa shape index (κ3) is 3.49. The molecule has 110 valence electrons. The van der Waals surface area contributed by atoms with Crippen molar-refractivity contribution in [3.63, 3.8) is 0 Å². The summed E-state index contributed by atoms with van der Waals surface area (Å²) >= 11 is 12.0. The van der Waals surface area contributed by atoms with Gasteiger partial charge in [-0.2, -0.15) is 0 Å². The minimum atomic E-state index is -0.699. The van der Waals surface area contributed by atoms with Crippen LogP contribution in [0.3, 0.4) is 0 Å².